The van der Waals surface area contributed by atoms with Crippen LogP contribution in [0.5, 0.6) is 0 Å². The monoisotopic (exact) mass is 242 g/mol. The van der Waals surface area contributed by atoms with Gasteiger partial charge in [0.25, 0.3) is 0 Å². The van der Waals surface area contributed by atoms with Gasteiger partial charge in [0.2, 0.25) is 5.91 Å². The number of amides is 1. The molecule has 1 aliphatic carbocycles. The van der Waals surface area contributed by atoms with Gasteiger partial charge in [-0.1, -0.05) is 12.8 Å². The largest absolute Gasteiger partial charge is 0.393 e. The van der Waals surface area contributed by atoms with E-state index in [4.69, 9.17) is 4.74 Å². The molecule has 17 heavy (non-hydrogen) atoms. The van der Waals surface area contributed by atoms with Gasteiger partial charge in [-0.2, -0.15) is 0 Å². The normalized spacial score (nSPS) is 34.3. The standard InChI is InChI=1S/C12H22N2O3/c15-11-4-2-1-3-9(11)7-14-12(16)10-8-17-6-5-13-10/h9-11,13,15H,1-8H2,(H,14,16)/t9-,10+,11-/m0/s1. The van der Waals surface area contributed by atoms with Crippen LogP contribution in [0.4, 0.5) is 0 Å². The maximum atomic E-state index is 11.8. The summed E-state index contributed by atoms with van der Waals surface area (Å²) in [4.78, 5) is 11.8. The number of hydrogen-bond acceptors (Lipinski definition) is 4. The predicted molar refractivity (Wildman–Crippen MR) is 63.6 cm³/mol. The Kier molecular flexibility index (Phi) is 4.76. The van der Waals surface area contributed by atoms with Crippen molar-refractivity contribution in [2.45, 2.75) is 37.8 Å². The summed E-state index contributed by atoms with van der Waals surface area (Å²) in [5, 5.41) is 15.8. The Hall–Kier alpha value is -0.650. The van der Waals surface area contributed by atoms with E-state index in [2.05, 4.69) is 10.6 Å². The first kappa shape index (κ1) is 12.8. The van der Waals surface area contributed by atoms with Crippen molar-refractivity contribution in [2.24, 2.45) is 5.92 Å². The van der Waals surface area contributed by atoms with E-state index in [0.717, 1.165) is 32.2 Å². The van der Waals surface area contributed by atoms with Gasteiger partial charge in [-0.05, 0) is 12.8 Å². The smallest absolute Gasteiger partial charge is 0.239 e. The molecule has 0 bridgehead atoms. The highest BCUT2D eigenvalue weighted by Crippen LogP contribution is 2.23. The SMILES string of the molecule is O=C(NC[C@@H]1CCCC[C@@H]1O)[C@H]1COCCN1. The van der Waals surface area contributed by atoms with Crippen LogP contribution in [0, 0.1) is 5.92 Å². The number of morpholine rings is 1. The van der Waals surface area contributed by atoms with E-state index in [1.165, 1.54) is 0 Å². The third-order valence-electron chi connectivity index (χ3n) is 3.65. The molecule has 0 radical (unpaired) electrons. The Morgan fingerprint density at radius 2 is 2.24 bits per heavy atom. The van der Waals surface area contributed by atoms with Crippen molar-refractivity contribution in [3.05, 3.63) is 0 Å². The van der Waals surface area contributed by atoms with Gasteiger partial charge in [0.1, 0.15) is 6.04 Å². The maximum absolute atomic E-state index is 11.8. The molecule has 0 spiro atoms. The third kappa shape index (κ3) is 3.66. The second kappa shape index (κ2) is 6.33. The molecule has 2 rings (SSSR count). The molecule has 0 aromatic heterocycles. The Bertz CT molecular complexity index is 254. The zero-order valence-electron chi connectivity index (χ0n) is 10.2. The summed E-state index contributed by atoms with van der Waals surface area (Å²) >= 11 is 0. The fraction of sp³-hybridized carbons (Fsp3) is 0.917. The summed E-state index contributed by atoms with van der Waals surface area (Å²) in [6.45, 7) is 2.42. The lowest BCUT2D eigenvalue weighted by atomic mass is 9.86. The lowest BCUT2D eigenvalue weighted by Crippen LogP contribution is -2.52. The van der Waals surface area contributed by atoms with Crippen molar-refractivity contribution < 1.29 is 14.6 Å². The molecule has 0 aromatic rings. The Balaban J connectivity index is 1.71. The summed E-state index contributed by atoms with van der Waals surface area (Å²) < 4.78 is 5.24. The molecule has 1 saturated carbocycles. The minimum atomic E-state index is -0.250. The third-order valence-corrected chi connectivity index (χ3v) is 3.65. The van der Waals surface area contributed by atoms with Gasteiger partial charge in [-0.25, -0.2) is 0 Å². The predicted octanol–water partition coefficient (Wildman–Crippen LogP) is -0.358. The van der Waals surface area contributed by atoms with Gasteiger partial charge in [0, 0.05) is 19.0 Å². The van der Waals surface area contributed by atoms with Gasteiger partial charge < -0.3 is 20.5 Å². The summed E-state index contributed by atoms with van der Waals surface area (Å²) in [7, 11) is 0. The molecule has 5 heteroatoms. The molecule has 1 aliphatic heterocycles. The van der Waals surface area contributed by atoms with Gasteiger partial charge in [0.05, 0.1) is 19.3 Å². The van der Waals surface area contributed by atoms with Gasteiger partial charge in [0.15, 0.2) is 0 Å². The molecule has 1 heterocycles. The Labute approximate surface area is 102 Å². The number of carbonyl (C=O) groups is 1. The highest BCUT2D eigenvalue weighted by molar-refractivity contribution is 5.81. The second-order valence-corrected chi connectivity index (χ2v) is 4.94. The van der Waals surface area contributed by atoms with Crippen LogP contribution >= 0.6 is 0 Å². The molecule has 3 N–H and O–H groups in total. The van der Waals surface area contributed by atoms with E-state index in [1.54, 1.807) is 0 Å². The summed E-state index contributed by atoms with van der Waals surface area (Å²) in [6.07, 6.45) is 3.88. The maximum Gasteiger partial charge on any atom is 0.239 e. The van der Waals surface area contributed by atoms with E-state index in [-0.39, 0.29) is 24.0 Å². The highest BCUT2D eigenvalue weighted by atomic mass is 16.5. The second-order valence-electron chi connectivity index (χ2n) is 4.94. The number of aliphatic hydroxyl groups excluding tert-OH is 1. The quantitative estimate of drug-likeness (QED) is 0.632. The number of carbonyl (C=O) groups excluding carboxylic acids is 1. The fourth-order valence-electron chi connectivity index (χ4n) is 2.51. The van der Waals surface area contributed by atoms with Crippen LogP contribution in [-0.2, 0) is 9.53 Å². The molecular formula is C12H22N2O3. The van der Waals surface area contributed by atoms with Crippen molar-refractivity contribution in [3.8, 4) is 0 Å². The lowest BCUT2D eigenvalue weighted by Gasteiger charge is -2.29. The van der Waals surface area contributed by atoms with Crippen molar-refractivity contribution >= 4 is 5.91 Å². The van der Waals surface area contributed by atoms with Crippen LogP contribution in [0.2, 0.25) is 0 Å². The molecule has 3 atom stereocenters. The van der Waals surface area contributed by atoms with Crippen molar-refractivity contribution in [2.75, 3.05) is 26.3 Å². The minimum absolute atomic E-state index is 0.0116. The van der Waals surface area contributed by atoms with E-state index in [9.17, 15) is 9.90 Å². The molecule has 98 valence electrons. The zero-order valence-corrected chi connectivity index (χ0v) is 10.2. The molecule has 1 amide bonds. The average molecular weight is 242 g/mol. The topological polar surface area (TPSA) is 70.6 Å². The first-order chi connectivity index (χ1) is 8.27. The summed E-state index contributed by atoms with van der Waals surface area (Å²) in [5.74, 6) is 0.208. The first-order valence-corrected chi connectivity index (χ1v) is 6.54. The van der Waals surface area contributed by atoms with E-state index in [1.807, 2.05) is 0 Å². The summed E-state index contributed by atoms with van der Waals surface area (Å²) in [6, 6.07) is -0.232. The van der Waals surface area contributed by atoms with Crippen LogP contribution in [0.3, 0.4) is 0 Å². The van der Waals surface area contributed by atoms with Crippen molar-refractivity contribution in [1.29, 1.82) is 0 Å². The van der Waals surface area contributed by atoms with Crippen molar-refractivity contribution in [1.82, 2.24) is 10.6 Å². The molecule has 2 aliphatic rings. The highest BCUT2D eigenvalue weighted by Gasteiger charge is 2.25. The lowest BCUT2D eigenvalue weighted by molar-refractivity contribution is -0.126. The molecule has 1 saturated heterocycles. The number of aliphatic hydroxyl groups is 1. The van der Waals surface area contributed by atoms with Crippen LogP contribution in [0.25, 0.3) is 0 Å². The number of rotatable bonds is 3. The van der Waals surface area contributed by atoms with Gasteiger partial charge in [-0.15, -0.1) is 0 Å². The molecular weight excluding hydrogens is 220 g/mol. The fourth-order valence-corrected chi connectivity index (χ4v) is 2.51. The number of nitrogens with one attached hydrogen (secondary N) is 2. The van der Waals surface area contributed by atoms with Crippen LogP contribution < -0.4 is 10.6 Å². The van der Waals surface area contributed by atoms with Gasteiger partial charge >= 0.3 is 0 Å². The Morgan fingerprint density at radius 3 is 2.94 bits per heavy atom. The molecule has 0 unspecified atom stereocenters. The number of ether oxygens (including phenoxy) is 1. The minimum Gasteiger partial charge on any atom is -0.393 e. The molecule has 0 aromatic carbocycles. The van der Waals surface area contributed by atoms with E-state index >= 15 is 0 Å². The number of hydrogen-bond donors (Lipinski definition) is 3. The van der Waals surface area contributed by atoms with Gasteiger partial charge in [-0.3, -0.25) is 4.79 Å². The first-order valence-electron chi connectivity index (χ1n) is 6.54. The van der Waals surface area contributed by atoms with Crippen LogP contribution in [-0.4, -0.2) is 49.5 Å². The van der Waals surface area contributed by atoms with Crippen molar-refractivity contribution in [3.63, 3.8) is 0 Å². The van der Waals surface area contributed by atoms with E-state index in [0.29, 0.717) is 19.8 Å². The molecule has 5 nitrogen and oxygen atoms in total. The van der Waals surface area contributed by atoms with Crippen LogP contribution in [0.15, 0.2) is 0 Å². The zero-order chi connectivity index (χ0) is 12.1. The van der Waals surface area contributed by atoms with Crippen LogP contribution in [0.1, 0.15) is 25.7 Å². The average Bonchev–Trinajstić information content (AvgIpc) is 2.38. The summed E-state index contributed by atoms with van der Waals surface area (Å²) in [5.41, 5.74) is 0. The van der Waals surface area contributed by atoms with E-state index < -0.39 is 0 Å². The molecule has 2 fully saturated rings. The Morgan fingerprint density at radius 1 is 1.41 bits per heavy atom.